The van der Waals surface area contributed by atoms with Crippen molar-refractivity contribution in [2.75, 3.05) is 0 Å². The van der Waals surface area contributed by atoms with Gasteiger partial charge >= 0.3 is 0 Å². The van der Waals surface area contributed by atoms with Crippen LogP contribution in [0.2, 0.25) is 0 Å². The van der Waals surface area contributed by atoms with E-state index in [4.69, 9.17) is 16.6 Å². The van der Waals surface area contributed by atoms with Crippen molar-refractivity contribution in [3.8, 4) is 0 Å². The van der Waals surface area contributed by atoms with Crippen LogP contribution < -0.4 is 5.32 Å². The number of benzene rings is 2. The standard InChI is InChI=1S/C26H21N3O3S2/c30-24(27-14-18-7-2-1-3-8-18)17-28-15-19(21-10-4-5-11-22(21)28)13-23-25(31)29(26(33)34-23)16-20-9-6-12-32-20/h1-13,15H,14,16-17H2,(H,27,30)/b23-13+. The highest BCUT2D eigenvalue weighted by Crippen LogP contribution is 2.35. The Morgan fingerprint density at radius 3 is 2.65 bits per heavy atom. The predicted molar refractivity (Wildman–Crippen MR) is 138 cm³/mol. The van der Waals surface area contributed by atoms with Gasteiger partial charge in [0.05, 0.1) is 17.7 Å². The molecule has 5 rings (SSSR count). The molecule has 6 nitrogen and oxygen atoms in total. The van der Waals surface area contributed by atoms with E-state index in [0.717, 1.165) is 22.0 Å². The molecule has 1 aliphatic heterocycles. The van der Waals surface area contributed by atoms with Crippen LogP contribution in [0.3, 0.4) is 0 Å². The van der Waals surface area contributed by atoms with Crippen LogP contribution in [0.25, 0.3) is 17.0 Å². The Balaban J connectivity index is 1.36. The van der Waals surface area contributed by atoms with Gasteiger partial charge < -0.3 is 14.3 Å². The third kappa shape index (κ3) is 4.69. The highest BCUT2D eigenvalue weighted by atomic mass is 32.2. The van der Waals surface area contributed by atoms with Crippen molar-refractivity contribution < 1.29 is 14.0 Å². The Morgan fingerprint density at radius 1 is 1.06 bits per heavy atom. The number of aromatic nitrogens is 1. The first-order chi connectivity index (χ1) is 16.6. The molecule has 0 atom stereocenters. The first-order valence-corrected chi connectivity index (χ1v) is 12.0. The lowest BCUT2D eigenvalue weighted by Gasteiger charge is -2.11. The molecule has 0 unspecified atom stereocenters. The van der Waals surface area contributed by atoms with Crippen molar-refractivity contribution in [2.24, 2.45) is 0 Å². The minimum atomic E-state index is -0.149. The lowest BCUT2D eigenvalue weighted by Crippen LogP contribution is -2.27. The molecule has 2 aromatic heterocycles. The first-order valence-electron chi connectivity index (χ1n) is 10.7. The van der Waals surface area contributed by atoms with E-state index in [1.165, 1.54) is 11.8 Å². The van der Waals surface area contributed by atoms with E-state index in [-0.39, 0.29) is 18.4 Å². The molecule has 2 amide bonds. The summed E-state index contributed by atoms with van der Waals surface area (Å²) >= 11 is 6.71. The van der Waals surface area contributed by atoms with Gasteiger partial charge in [0.25, 0.3) is 5.91 Å². The molecule has 1 saturated heterocycles. The van der Waals surface area contributed by atoms with Gasteiger partial charge in [0, 0.05) is 29.2 Å². The average Bonchev–Trinajstić information content (AvgIpc) is 3.55. The van der Waals surface area contributed by atoms with E-state index in [9.17, 15) is 9.59 Å². The minimum Gasteiger partial charge on any atom is -0.467 e. The number of rotatable bonds is 7. The first kappa shape index (κ1) is 22.2. The number of amides is 2. The molecule has 4 aromatic rings. The highest BCUT2D eigenvalue weighted by Gasteiger charge is 2.32. The van der Waals surface area contributed by atoms with Crippen molar-refractivity contribution in [3.05, 3.63) is 101 Å². The van der Waals surface area contributed by atoms with Crippen LogP contribution >= 0.6 is 24.0 Å². The Hall–Kier alpha value is -3.62. The lowest BCUT2D eigenvalue weighted by molar-refractivity contribution is -0.123. The van der Waals surface area contributed by atoms with Crippen molar-refractivity contribution in [3.63, 3.8) is 0 Å². The molecule has 1 N–H and O–H groups in total. The summed E-state index contributed by atoms with van der Waals surface area (Å²) in [5.74, 6) is 0.445. The Kier molecular flexibility index (Phi) is 6.33. The Labute approximate surface area is 206 Å². The van der Waals surface area contributed by atoms with E-state index in [1.807, 2.05) is 77.5 Å². The van der Waals surface area contributed by atoms with Crippen molar-refractivity contribution in [1.29, 1.82) is 0 Å². The fraction of sp³-hybridized carbons (Fsp3) is 0.115. The number of nitrogens with zero attached hydrogens (tertiary/aromatic N) is 2. The predicted octanol–water partition coefficient (Wildman–Crippen LogP) is 4.95. The number of thioether (sulfide) groups is 1. The second-order valence-electron chi connectivity index (χ2n) is 7.84. The maximum Gasteiger partial charge on any atom is 0.266 e. The second kappa shape index (κ2) is 9.70. The summed E-state index contributed by atoms with van der Waals surface area (Å²) in [6.07, 6.45) is 5.33. The van der Waals surface area contributed by atoms with Crippen molar-refractivity contribution in [1.82, 2.24) is 14.8 Å². The number of furan rings is 1. The quantitative estimate of drug-likeness (QED) is 0.295. The van der Waals surface area contributed by atoms with Crippen LogP contribution in [0.5, 0.6) is 0 Å². The van der Waals surface area contributed by atoms with Crippen LogP contribution in [0.1, 0.15) is 16.9 Å². The SMILES string of the molecule is O=C(Cn1cc(/C=C2/SC(=S)N(Cc3ccco3)C2=O)c2ccccc21)NCc1ccccc1. The van der Waals surface area contributed by atoms with Gasteiger partial charge in [0.2, 0.25) is 5.91 Å². The van der Waals surface area contributed by atoms with Crippen LogP contribution in [0.15, 0.2) is 88.5 Å². The van der Waals surface area contributed by atoms with Gasteiger partial charge in [0.1, 0.15) is 16.6 Å². The number of fused-ring (bicyclic) bond motifs is 1. The van der Waals surface area contributed by atoms with E-state index in [1.54, 1.807) is 17.2 Å². The molecule has 170 valence electrons. The number of para-hydroxylation sites is 1. The van der Waals surface area contributed by atoms with Crippen LogP contribution in [-0.2, 0) is 29.2 Å². The molecule has 2 aromatic carbocycles. The lowest BCUT2D eigenvalue weighted by atomic mass is 10.1. The number of hydrogen-bond acceptors (Lipinski definition) is 5. The maximum absolute atomic E-state index is 13.0. The van der Waals surface area contributed by atoms with Crippen LogP contribution in [-0.4, -0.2) is 25.6 Å². The topological polar surface area (TPSA) is 67.5 Å². The zero-order chi connectivity index (χ0) is 23.5. The van der Waals surface area contributed by atoms with Crippen LogP contribution in [0, 0.1) is 0 Å². The molecule has 0 spiro atoms. The van der Waals surface area contributed by atoms with Crippen molar-refractivity contribution in [2.45, 2.75) is 19.6 Å². The number of carbonyl (C=O) groups is 2. The van der Waals surface area contributed by atoms with E-state index < -0.39 is 0 Å². The number of carbonyl (C=O) groups excluding carboxylic acids is 2. The summed E-state index contributed by atoms with van der Waals surface area (Å²) in [7, 11) is 0. The monoisotopic (exact) mass is 487 g/mol. The fourth-order valence-corrected chi connectivity index (χ4v) is 5.11. The number of nitrogens with one attached hydrogen (secondary N) is 1. The third-order valence-electron chi connectivity index (χ3n) is 5.52. The van der Waals surface area contributed by atoms with Gasteiger partial charge in [0.15, 0.2) is 0 Å². The molecule has 0 radical (unpaired) electrons. The van der Waals surface area contributed by atoms with Gasteiger partial charge in [-0.1, -0.05) is 72.5 Å². The van der Waals surface area contributed by atoms with E-state index >= 15 is 0 Å². The summed E-state index contributed by atoms with van der Waals surface area (Å²) in [6.45, 7) is 0.961. The second-order valence-corrected chi connectivity index (χ2v) is 9.51. The Bertz CT molecular complexity index is 1390. The van der Waals surface area contributed by atoms with E-state index in [0.29, 0.717) is 28.1 Å². The van der Waals surface area contributed by atoms with E-state index in [2.05, 4.69) is 5.32 Å². The number of hydrogen-bond donors (Lipinski definition) is 1. The van der Waals surface area contributed by atoms with Gasteiger partial charge in [-0.25, -0.2) is 0 Å². The smallest absolute Gasteiger partial charge is 0.266 e. The summed E-state index contributed by atoms with van der Waals surface area (Å²) in [5, 5.41) is 3.94. The highest BCUT2D eigenvalue weighted by molar-refractivity contribution is 8.26. The molecule has 1 fully saturated rings. The van der Waals surface area contributed by atoms with Gasteiger partial charge in [-0.3, -0.25) is 14.5 Å². The largest absolute Gasteiger partial charge is 0.467 e. The van der Waals surface area contributed by atoms with Gasteiger partial charge in [-0.15, -0.1) is 0 Å². The summed E-state index contributed by atoms with van der Waals surface area (Å²) in [4.78, 5) is 27.7. The van der Waals surface area contributed by atoms with Crippen molar-refractivity contribution >= 4 is 57.1 Å². The summed E-state index contributed by atoms with van der Waals surface area (Å²) < 4.78 is 7.77. The number of thiocarbonyl (C=S) groups is 1. The maximum atomic E-state index is 13.0. The molecule has 8 heteroatoms. The molecule has 3 heterocycles. The molecule has 0 aliphatic carbocycles. The zero-order valence-corrected chi connectivity index (χ0v) is 19.8. The van der Waals surface area contributed by atoms with Gasteiger partial charge in [-0.2, -0.15) is 0 Å². The molecule has 0 bridgehead atoms. The molecular formula is C26H21N3O3S2. The fourth-order valence-electron chi connectivity index (χ4n) is 3.86. The minimum absolute atomic E-state index is 0.0825. The molecule has 1 aliphatic rings. The average molecular weight is 488 g/mol. The van der Waals surface area contributed by atoms with Gasteiger partial charge in [-0.05, 0) is 29.8 Å². The summed E-state index contributed by atoms with van der Waals surface area (Å²) in [6, 6.07) is 21.2. The molecule has 34 heavy (non-hydrogen) atoms. The normalized spacial score (nSPS) is 14.9. The van der Waals surface area contributed by atoms with Crippen LogP contribution in [0.4, 0.5) is 0 Å². The zero-order valence-electron chi connectivity index (χ0n) is 18.1. The summed E-state index contributed by atoms with van der Waals surface area (Å²) in [5.41, 5.74) is 2.84. The third-order valence-corrected chi connectivity index (χ3v) is 6.90. The molecular weight excluding hydrogens is 466 g/mol. The Morgan fingerprint density at radius 2 is 1.85 bits per heavy atom. The molecule has 0 saturated carbocycles.